The van der Waals surface area contributed by atoms with Crippen LogP contribution in [-0.4, -0.2) is 23.0 Å². The number of hydrogen-bond donors (Lipinski definition) is 2. The van der Waals surface area contributed by atoms with E-state index in [1.807, 2.05) is 48.7 Å². The van der Waals surface area contributed by atoms with Crippen molar-refractivity contribution in [3.05, 3.63) is 82.0 Å². The first-order valence-corrected chi connectivity index (χ1v) is 12.4. The molecule has 0 saturated heterocycles. The van der Waals surface area contributed by atoms with E-state index < -0.39 is 6.04 Å². The van der Waals surface area contributed by atoms with Crippen LogP contribution in [0, 0.1) is 6.92 Å². The Kier molecular flexibility index (Phi) is 7.45. The number of aryl methyl sites for hydroxylation is 1. The normalized spacial score (nSPS) is 15.1. The van der Waals surface area contributed by atoms with Gasteiger partial charge < -0.3 is 10.4 Å². The van der Waals surface area contributed by atoms with Gasteiger partial charge in [-0.15, -0.1) is 11.3 Å². The first-order chi connectivity index (χ1) is 16.0. The molecule has 4 rings (SSSR count). The van der Waals surface area contributed by atoms with Gasteiger partial charge in [-0.25, -0.2) is 0 Å². The SMILES string of the molecule is Cc1ccc(N(C(=O)Cc2cccs2)C(C(=O)NC2CCCCC2)c2ccc(O)cc2)cc1. The van der Waals surface area contributed by atoms with Gasteiger partial charge in [0.15, 0.2) is 0 Å². The van der Waals surface area contributed by atoms with Crippen LogP contribution in [0.2, 0.25) is 0 Å². The number of anilines is 1. The first kappa shape index (κ1) is 23.1. The molecular formula is C27H30N2O3S. The molecule has 2 N–H and O–H groups in total. The Hall–Kier alpha value is -3.12. The summed E-state index contributed by atoms with van der Waals surface area (Å²) in [5.41, 5.74) is 2.43. The summed E-state index contributed by atoms with van der Waals surface area (Å²) in [6.07, 6.45) is 5.55. The number of carbonyl (C=O) groups is 2. The predicted octanol–water partition coefficient (Wildman–Crippen LogP) is 5.53. The summed E-state index contributed by atoms with van der Waals surface area (Å²) in [7, 11) is 0. The second kappa shape index (κ2) is 10.7. The van der Waals surface area contributed by atoms with Crippen molar-refractivity contribution in [1.29, 1.82) is 0 Å². The average Bonchev–Trinajstić information content (AvgIpc) is 3.32. The van der Waals surface area contributed by atoms with Crippen molar-refractivity contribution in [2.75, 3.05) is 4.90 Å². The lowest BCUT2D eigenvalue weighted by Gasteiger charge is -2.33. The van der Waals surface area contributed by atoms with Gasteiger partial charge in [0.1, 0.15) is 11.8 Å². The van der Waals surface area contributed by atoms with E-state index in [1.165, 1.54) is 17.8 Å². The first-order valence-electron chi connectivity index (χ1n) is 11.5. The van der Waals surface area contributed by atoms with E-state index in [1.54, 1.807) is 29.2 Å². The molecule has 6 heteroatoms. The quantitative estimate of drug-likeness (QED) is 0.485. The molecule has 0 spiro atoms. The van der Waals surface area contributed by atoms with Crippen molar-refractivity contribution in [3.63, 3.8) is 0 Å². The lowest BCUT2D eigenvalue weighted by atomic mass is 9.94. The molecule has 1 atom stereocenters. The zero-order chi connectivity index (χ0) is 23.2. The van der Waals surface area contributed by atoms with Gasteiger partial charge in [-0.1, -0.05) is 55.2 Å². The summed E-state index contributed by atoms with van der Waals surface area (Å²) in [5, 5.41) is 15.0. The number of nitrogens with one attached hydrogen (secondary N) is 1. The highest BCUT2D eigenvalue weighted by atomic mass is 32.1. The fourth-order valence-corrected chi connectivity index (χ4v) is 5.09. The molecular weight excluding hydrogens is 432 g/mol. The van der Waals surface area contributed by atoms with Gasteiger partial charge in [0, 0.05) is 16.6 Å². The minimum Gasteiger partial charge on any atom is -0.508 e. The van der Waals surface area contributed by atoms with Crippen LogP contribution < -0.4 is 10.2 Å². The van der Waals surface area contributed by atoms with Crippen LogP contribution in [0.4, 0.5) is 5.69 Å². The maximum atomic E-state index is 13.7. The lowest BCUT2D eigenvalue weighted by molar-refractivity contribution is -0.127. The number of phenols is 1. The van der Waals surface area contributed by atoms with E-state index in [2.05, 4.69) is 5.32 Å². The summed E-state index contributed by atoms with van der Waals surface area (Å²) in [6, 6.07) is 17.4. The Labute approximate surface area is 199 Å². The highest BCUT2D eigenvalue weighted by molar-refractivity contribution is 7.10. The van der Waals surface area contributed by atoms with Gasteiger partial charge in [-0.3, -0.25) is 14.5 Å². The van der Waals surface area contributed by atoms with Gasteiger partial charge in [0.05, 0.1) is 6.42 Å². The summed E-state index contributed by atoms with van der Waals surface area (Å²) >= 11 is 1.53. The molecule has 1 unspecified atom stereocenters. The smallest absolute Gasteiger partial charge is 0.248 e. The van der Waals surface area contributed by atoms with Crippen molar-refractivity contribution in [1.82, 2.24) is 5.32 Å². The zero-order valence-corrected chi connectivity index (χ0v) is 19.7. The maximum absolute atomic E-state index is 13.7. The molecule has 1 fully saturated rings. The summed E-state index contributed by atoms with van der Waals surface area (Å²) in [4.78, 5) is 30.0. The molecule has 1 aliphatic carbocycles. The second-order valence-corrected chi connectivity index (χ2v) is 9.73. The number of benzene rings is 2. The van der Waals surface area contributed by atoms with Gasteiger partial charge in [-0.2, -0.15) is 0 Å². The molecule has 1 saturated carbocycles. The minimum atomic E-state index is -0.831. The average molecular weight is 463 g/mol. The number of amides is 2. The lowest BCUT2D eigenvalue weighted by Crippen LogP contribution is -2.47. The topological polar surface area (TPSA) is 69.6 Å². The minimum absolute atomic E-state index is 0.122. The molecule has 3 aromatic rings. The van der Waals surface area contributed by atoms with Crippen molar-refractivity contribution >= 4 is 28.8 Å². The third kappa shape index (κ3) is 5.82. The molecule has 0 radical (unpaired) electrons. The van der Waals surface area contributed by atoms with E-state index in [4.69, 9.17) is 0 Å². The molecule has 2 aromatic carbocycles. The van der Waals surface area contributed by atoms with Crippen LogP contribution in [0.3, 0.4) is 0 Å². The van der Waals surface area contributed by atoms with Crippen LogP contribution in [0.5, 0.6) is 5.75 Å². The standard InChI is InChI=1S/C27H30N2O3S/c1-19-9-13-22(14-10-19)29(25(31)18-24-8-5-17-33-24)26(20-11-15-23(30)16-12-20)27(32)28-21-6-3-2-4-7-21/h5,8-17,21,26,30H,2-4,6-7,18H2,1H3,(H,28,32). The van der Waals surface area contributed by atoms with E-state index in [0.29, 0.717) is 11.3 Å². The number of phenolic OH excluding ortho intramolecular Hbond substituents is 1. The van der Waals surface area contributed by atoms with E-state index >= 15 is 0 Å². The molecule has 172 valence electrons. The van der Waals surface area contributed by atoms with Crippen LogP contribution >= 0.6 is 11.3 Å². The maximum Gasteiger partial charge on any atom is 0.248 e. The summed E-state index contributed by atoms with van der Waals surface area (Å²) in [5.74, 6) is -0.206. The Morgan fingerprint density at radius 1 is 1.03 bits per heavy atom. The molecule has 0 aliphatic heterocycles. The van der Waals surface area contributed by atoms with Gasteiger partial charge >= 0.3 is 0 Å². The molecule has 1 aliphatic rings. The molecule has 33 heavy (non-hydrogen) atoms. The van der Waals surface area contributed by atoms with Crippen LogP contribution in [0.15, 0.2) is 66.0 Å². The monoisotopic (exact) mass is 462 g/mol. The van der Waals surface area contributed by atoms with Crippen molar-refractivity contribution < 1.29 is 14.7 Å². The number of carbonyl (C=O) groups excluding carboxylic acids is 2. The number of aromatic hydroxyl groups is 1. The fourth-order valence-electron chi connectivity index (χ4n) is 4.39. The predicted molar refractivity (Wildman–Crippen MR) is 133 cm³/mol. The molecule has 1 aromatic heterocycles. The van der Waals surface area contributed by atoms with Crippen LogP contribution in [0.25, 0.3) is 0 Å². The van der Waals surface area contributed by atoms with Gasteiger partial charge in [0.25, 0.3) is 0 Å². The number of hydrogen-bond acceptors (Lipinski definition) is 4. The fraction of sp³-hybridized carbons (Fsp3) is 0.333. The van der Waals surface area contributed by atoms with Crippen molar-refractivity contribution in [2.45, 2.75) is 57.5 Å². The number of rotatable bonds is 7. The molecule has 0 bridgehead atoms. The highest BCUT2D eigenvalue weighted by Crippen LogP contribution is 2.31. The van der Waals surface area contributed by atoms with Crippen molar-refractivity contribution in [3.8, 4) is 5.75 Å². The Morgan fingerprint density at radius 3 is 2.36 bits per heavy atom. The summed E-state index contributed by atoms with van der Waals surface area (Å²) in [6.45, 7) is 1.99. The van der Waals surface area contributed by atoms with Gasteiger partial charge in [-0.05, 0) is 61.0 Å². The van der Waals surface area contributed by atoms with E-state index in [9.17, 15) is 14.7 Å². The Morgan fingerprint density at radius 2 is 1.73 bits per heavy atom. The van der Waals surface area contributed by atoms with Crippen molar-refractivity contribution in [2.24, 2.45) is 0 Å². The third-order valence-corrected chi connectivity index (χ3v) is 7.03. The number of nitrogens with zero attached hydrogens (tertiary/aromatic N) is 1. The Balaban J connectivity index is 1.73. The van der Waals surface area contributed by atoms with E-state index in [0.717, 1.165) is 36.1 Å². The number of thiophene rings is 1. The van der Waals surface area contributed by atoms with Gasteiger partial charge in [0.2, 0.25) is 11.8 Å². The Bertz CT molecular complexity index is 1060. The molecule has 2 amide bonds. The second-order valence-electron chi connectivity index (χ2n) is 8.69. The highest BCUT2D eigenvalue weighted by Gasteiger charge is 2.34. The third-order valence-electron chi connectivity index (χ3n) is 6.15. The summed E-state index contributed by atoms with van der Waals surface area (Å²) < 4.78 is 0. The molecule has 1 heterocycles. The van der Waals surface area contributed by atoms with Crippen LogP contribution in [0.1, 0.15) is 54.1 Å². The largest absolute Gasteiger partial charge is 0.508 e. The molecule has 5 nitrogen and oxygen atoms in total. The van der Waals surface area contributed by atoms with E-state index in [-0.39, 0.29) is 30.0 Å². The van der Waals surface area contributed by atoms with Crippen LogP contribution in [-0.2, 0) is 16.0 Å². The zero-order valence-electron chi connectivity index (χ0n) is 18.9.